The van der Waals surface area contributed by atoms with Crippen molar-refractivity contribution in [2.75, 3.05) is 39.6 Å². The van der Waals surface area contributed by atoms with E-state index in [2.05, 4.69) is 16.0 Å². The molecule has 0 bridgehead atoms. The van der Waals surface area contributed by atoms with E-state index in [1.807, 2.05) is 0 Å². The third-order valence-corrected chi connectivity index (χ3v) is 13.5. The lowest BCUT2D eigenvalue weighted by Crippen LogP contribution is -2.70. The number of hydrogen-bond donors (Lipinski definition) is 20. The summed E-state index contributed by atoms with van der Waals surface area (Å²) in [5, 5.41) is 190. The van der Waals surface area contributed by atoms with E-state index in [0.29, 0.717) is 0 Å². The van der Waals surface area contributed by atoms with Crippen LogP contribution in [-0.2, 0) is 61.8 Å². The summed E-state index contributed by atoms with van der Waals surface area (Å²) in [6, 6.07) is -4.71. The fourth-order valence-corrected chi connectivity index (χ4v) is 9.46. The Labute approximate surface area is 433 Å². The summed E-state index contributed by atoms with van der Waals surface area (Å²) in [6.45, 7) is -0.685. The van der Waals surface area contributed by atoms with Crippen LogP contribution in [0.1, 0.15) is 34.1 Å². The van der Waals surface area contributed by atoms with Crippen LogP contribution in [0.25, 0.3) is 0 Å². The Bertz CT molecular complexity index is 1820. The molecule has 0 aromatic heterocycles. The van der Waals surface area contributed by atoms with Gasteiger partial charge in [0.1, 0.15) is 128 Å². The van der Waals surface area contributed by atoms with Crippen molar-refractivity contribution in [1.82, 2.24) is 16.0 Å². The summed E-state index contributed by atoms with van der Waals surface area (Å²) in [5.41, 5.74) is 0. The molecule has 17 unspecified atom stereocenters. The van der Waals surface area contributed by atoms with Crippen molar-refractivity contribution >= 4 is 17.7 Å². The Kier molecular flexibility index (Phi) is 24.2. The van der Waals surface area contributed by atoms with Crippen LogP contribution in [0, 0.1) is 0 Å². The first-order valence-corrected chi connectivity index (χ1v) is 24.4. The number of nitrogens with one attached hydrogen (secondary N) is 3. The highest BCUT2D eigenvalue weighted by molar-refractivity contribution is 5.74. The first-order valence-electron chi connectivity index (χ1n) is 24.4. The van der Waals surface area contributed by atoms with Gasteiger partial charge in [-0.1, -0.05) is 0 Å². The minimum Gasteiger partial charge on any atom is -0.396 e. The highest BCUT2D eigenvalue weighted by atomic mass is 16.8. The van der Waals surface area contributed by atoms with Crippen molar-refractivity contribution in [2.45, 2.75) is 212 Å². The second kappa shape index (κ2) is 28.7. The standard InChI is InChI=1S/C43H75N3O30/c1-12-22(44-13(2)52)29(60)35(19(9-50)68-12)74-40-24(46-15(4)54)30(61)36(20(10-51)71-40)75-42-34(65)37(76-41-33(64)31(62)26(57)17(7-48)69-41)28(59)21(72-42)11-67-43-38(32(63)27(58)18(8-49)70-43)73-39(66)23(45-14(3)53)25(56)16(55)5-6-47/h12,16-43,47-51,55-66H,5-11H2,1-4H3,(H,44,52)(H,45,53)(H,46,54)/t12-,16+,17?,18?,19?,20?,21?,22?,23?,24?,25?,26+,27+,28+,29?,30?,31?,32?,33?,34?,35+,36+,37?,38?,39-,40-,41+,42-,43-/m0/s1. The van der Waals surface area contributed by atoms with E-state index in [4.69, 9.17) is 47.4 Å². The summed E-state index contributed by atoms with van der Waals surface area (Å²) in [5.74, 6) is -2.24. The Balaban J connectivity index is 1.47. The molecule has 0 aliphatic carbocycles. The fourth-order valence-electron chi connectivity index (χ4n) is 9.46. The summed E-state index contributed by atoms with van der Waals surface area (Å²) < 4.78 is 58.1. The van der Waals surface area contributed by atoms with Gasteiger partial charge in [0.15, 0.2) is 31.5 Å². The van der Waals surface area contributed by atoms with Gasteiger partial charge in [-0.25, -0.2) is 0 Å². The van der Waals surface area contributed by atoms with E-state index in [-0.39, 0.29) is 0 Å². The van der Waals surface area contributed by atoms with Crippen molar-refractivity contribution < 1.29 is 149 Å². The number of hydrogen-bond acceptors (Lipinski definition) is 30. The molecule has 5 rings (SSSR count). The van der Waals surface area contributed by atoms with E-state index in [0.717, 1.165) is 13.8 Å². The van der Waals surface area contributed by atoms with Crippen LogP contribution >= 0.6 is 0 Å². The summed E-state index contributed by atoms with van der Waals surface area (Å²) in [7, 11) is 0. The van der Waals surface area contributed by atoms with Gasteiger partial charge < -0.3 is 150 Å². The zero-order valence-corrected chi connectivity index (χ0v) is 41.6. The van der Waals surface area contributed by atoms with Crippen LogP contribution < -0.4 is 16.0 Å². The Morgan fingerprint density at radius 3 is 1.51 bits per heavy atom. The second-order valence-corrected chi connectivity index (χ2v) is 19.1. The van der Waals surface area contributed by atoms with Gasteiger partial charge in [-0.2, -0.15) is 0 Å². The smallest absolute Gasteiger partial charge is 0.217 e. The predicted molar refractivity (Wildman–Crippen MR) is 239 cm³/mol. The molecule has 5 heterocycles. The Morgan fingerprint density at radius 1 is 0.487 bits per heavy atom. The van der Waals surface area contributed by atoms with E-state index >= 15 is 0 Å². The summed E-state index contributed by atoms with van der Waals surface area (Å²) in [4.78, 5) is 36.7. The largest absolute Gasteiger partial charge is 0.396 e. The molecule has 29 atom stereocenters. The molecule has 0 aromatic carbocycles. The van der Waals surface area contributed by atoms with Crippen molar-refractivity contribution in [3.05, 3.63) is 0 Å². The molecule has 20 N–H and O–H groups in total. The zero-order chi connectivity index (χ0) is 56.6. The van der Waals surface area contributed by atoms with E-state index in [1.54, 1.807) is 0 Å². The van der Waals surface area contributed by atoms with Crippen molar-refractivity contribution in [3.63, 3.8) is 0 Å². The lowest BCUT2D eigenvalue weighted by Gasteiger charge is -2.50. The quantitative estimate of drug-likeness (QED) is 0.0423. The Hall–Kier alpha value is -2.67. The molecule has 3 amide bonds. The van der Waals surface area contributed by atoms with Gasteiger partial charge in [0.05, 0.1) is 51.3 Å². The molecule has 0 spiro atoms. The van der Waals surface area contributed by atoms with E-state index < -0.39 is 242 Å². The van der Waals surface area contributed by atoms with Gasteiger partial charge in [0.2, 0.25) is 17.7 Å². The van der Waals surface area contributed by atoms with Crippen LogP contribution in [0.15, 0.2) is 0 Å². The van der Waals surface area contributed by atoms with Gasteiger partial charge in [0, 0.05) is 27.4 Å². The number of aliphatic hydroxyl groups excluding tert-OH is 17. The maximum Gasteiger partial charge on any atom is 0.217 e. The number of rotatable bonds is 23. The number of ether oxygens (including phenoxy) is 10. The molecule has 5 saturated heterocycles. The molecule has 0 saturated carbocycles. The number of aliphatic hydroxyl groups is 17. The minimum atomic E-state index is -2.38. The van der Waals surface area contributed by atoms with Gasteiger partial charge in [-0.3, -0.25) is 14.4 Å². The number of amides is 3. The monoisotopic (exact) mass is 1110 g/mol. The SMILES string of the molecule is CC(=O)NC1C(O)[C@H](O[C@@H]2OC(CO[C@H]3OC(CO)[C@@H](O)C(O)C3O[C@H](O)C(NC(C)=O)C(O)[C@H](O)CCO)[C@@H](O)C(O[C@H]3OC(CO)[C@@H](O)C(O)C3O)C2O)C(CO)O[C@H]1O[C@@H]1C(CO)O[C@@H](C)C(NC(C)=O)C1O. The molecule has 33 nitrogen and oxygen atoms in total. The normalized spacial score (nSPS) is 43.8. The lowest BCUT2D eigenvalue weighted by molar-refractivity contribution is -0.385. The first kappa shape index (κ1) is 64.2. The van der Waals surface area contributed by atoms with Gasteiger partial charge in [-0.15, -0.1) is 0 Å². The van der Waals surface area contributed by atoms with Crippen LogP contribution in [0.3, 0.4) is 0 Å². The maximum atomic E-state index is 12.6. The van der Waals surface area contributed by atoms with Crippen molar-refractivity contribution in [2.24, 2.45) is 0 Å². The van der Waals surface area contributed by atoms with E-state index in [1.165, 1.54) is 13.8 Å². The molecular weight excluding hydrogens is 1040 g/mol. The average molecular weight is 1110 g/mol. The average Bonchev–Trinajstić information content (AvgIpc) is 3.37. The molecule has 5 fully saturated rings. The van der Waals surface area contributed by atoms with Crippen LogP contribution in [0.2, 0.25) is 0 Å². The molecule has 76 heavy (non-hydrogen) atoms. The molecule has 5 aliphatic rings. The molecule has 0 radical (unpaired) electrons. The van der Waals surface area contributed by atoms with Gasteiger partial charge >= 0.3 is 0 Å². The topological polar surface area (TPSA) is 524 Å². The number of carbonyl (C=O) groups is 3. The third-order valence-electron chi connectivity index (χ3n) is 13.5. The molecule has 442 valence electrons. The van der Waals surface area contributed by atoms with Crippen LogP contribution in [-0.4, -0.2) is 322 Å². The third kappa shape index (κ3) is 15.0. The van der Waals surface area contributed by atoms with Gasteiger partial charge in [0.25, 0.3) is 0 Å². The summed E-state index contributed by atoms with van der Waals surface area (Å²) >= 11 is 0. The molecule has 0 aromatic rings. The highest BCUT2D eigenvalue weighted by Gasteiger charge is 2.57. The lowest BCUT2D eigenvalue weighted by atomic mass is 9.92. The molecular formula is C43H75N3O30. The van der Waals surface area contributed by atoms with Crippen molar-refractivity contribution in [1.29, 1.82) is 0 Å². The second-order valence-electron chi connectivity index (χ2n) is 19.1. The maximum absolute atomic E-state index is 12.6. The fraction of sp³-hybridized carbons (Fsp3) is 0.930. The molecule has 33 heteroatoms. The highest BCUT2D eigenvalue weighted by Crippen LogP contribution is 2.36. The summed E-state index contributed by atoms with van der Waals surface area (Å²) in [6.07, 6.45) is -49.7. The van der Waals surface area contributed by atoms with Crippen LogP contribution in [0.4, 0.5) is 0 Å². The predicted octanol–water partition coefficient (Wildman–Crippen LogP) is -12.6. The van der Waals surface area contributed by atoms with Crippen molar-refractivity contribution in [3.8, 4) is 0 Å². The van der Waals surface area contributed by atoms with Crippen LogP contribution in [0.5, 0.6) is 0 Å². The zero-order valence-electron chi connectivity index (χ0n) is 41.6. The van der Waals surface area contributed by atoms with E-state index in [9.17, 15) is 101 Å². The van der Waals surface area contributed by atoms with Gasteiger partial charge in [-0.05, 0) is 13.3 Å². The minimum absolute atomic E-state index is 0.445. The Morgan fingerprint density at radius 2 is 0.961 bits per heavy atom. The molecule has 5 aliphatic heterocycles. The first-order chi connectivity index (χ1) is 35.8. The number of carbonyl (C=O) groups excluding carboxylic acids is 3.